The van der Waals surface area contributed by atoms with E-state index in [4.69, 9.17) is 4.42 Å². The van der Waals surface area contributed by atoms with Gasteiger partial charge in [-0.15, -0.1) is 0 Å². The summed E-state index contributed by atoms with van der Waals surface area (Å²) in [5.74, 6) is 2.67. The Morgan fingerprint density at radius 2 is 2.04 bits per heavy atom. The van der Waals surface area contributed by atoms with Crippen LogP contribution >= 0.6 is 0 Å². The van der Waals surface area contributed by atoms with Gasteiger partial charge in [0.25, 0.3) is 0 Å². The lowest BCUT2D eigenvalue weighted by Crippen LogP contribution is -2.42. The van der Waals surface area contributed by atoms with E-state index in [1.54, 1.807) is 7.05 Å². The molecule has 0 aliphatic heterocycles. The number of guanidine groups is 1. The van der Waals surface area contributed by atoms with E-state index < -0.39 is 0 Å². The average molecular weight is 331 g/mol. The molecule has 132 valence electrons. The van der Waals surface area contributed by atoms with Crippen LogP contribution in [0.5, 0.6) is 0 Å². The predicted octanol–water partition coefficient (Wildman–Crippen LogP) is 2.54. The van der Waals surface area contributed by atoms with E-state index in [1.807, 2.05) is 25.6 Å². The minimum absolute atomic E-state index is 0.255. The van der Waals surface area contributed by atoms with Crippen LogP contribution in [0.15, 0.2) is 15.5 Å². The molecule has 2 aromatic rings. The Morgan fingerprint density at radius 1 is 1.33 bits per heavy atom. The molecule has 2 N–H and O–H groups in total. The third-order valence-electron chi connectivity index (χ3n) is 4.37. The summed E-state index contributed by atoms with van der Waals surface area (Å²) in [7, 11) is 3.77. The van der Waals surface area contributed by atoms with Gasteiger partial charge in [0.05, 0.1) is 5.69 Å². The van der Waals surface area contributed by atoms with Gasteiger partial charge in [0, 0.05) is 37.9 Å². The molecule has 1 atom stereocenters. The molecule has 0 amide bonds. The predicted molar refractivity (Wildman–Crippen MR) is 97.4 cm³/mol. The third kappa shape index (κ3) is 4.19. The maximum atomic E-state index is 5.56. The van der Waals surface area contributed by atoms with E-state index in [2.05, 4.69) is 47.6 Å². The first kappa shape index (κ1) is 18.1. The molecule has 0 aromatic carbocycles. The highest BCUT2D eigenvalue weighted by Gasteiger charge is 2.14. The summed E-state index contributed by atoms with van der Waals surface area (Å²) in [6, 6.07) is 2.31. The SMILES string of the molecule is CN=C(NCc1cc(C)oc1C)NC(C)Cc1c(C)nn(C)c1C. The van der Waals surface area contributed by atoms with Crippen molar-refractivity contribution < 1.29 is 4.42 Å². The molecule has 6 heteroatoms. The lowest BCUT2D eigenvalue weighted by Gasteiger charge is -2.18. The van der Waals surface area contributed by atoms with Crippen LogP contribution in [0.1, 0.15) is 41.0 Å². The Morgan fingerprint density at radius 3 is 2.54 bits per heavy atom. The van der Waals surface area contributed by atoms with Crippen molar-refractivity contribution in [2.45, 2.75) is 53.6 Å². The molecule has 1 unspecified atom stereocenters. The zero-order valence-corrected chi connectivity index (χ0v) is 15.8. The molecule has 0 bridgehead atoms. The number of nitrogens with one attached hydrogen (secondary N) is 2. The van der Waals surface area contributed by atoms with Gasteiger partial charge in [-0.1, -0.05) is 0 Å². The van der Waals surface area contributed by atoms with Gasteiger partial charge >= 0.3 is 0 Å². The number of furan rings is 1. The zero-order chi connectivity index (χ0) is 17.9. The topological polar surface area (TPSA) is 67.4 Å². The number of aliphatic imine (C=N–C) groups is 1. The van der Waals surface area contributed by atoms with E-state index in [1.165, 1.54) is 11.3 Å². The van der Waals surface area contributed by atoms with Gasteiger partial charge in [0.2, 0.25) is 0 Å². The number of rotatable bonds is 5. The van der Waals surface area contributed by atoms with Gasteiger partial charge in [-0.05, 0) is 52.7 Å². The van der Waals surface area contributed by atoms with Gasteiger partial charge in [0.1, 0.15) is 11.5 Å². The summed E-state index contributed by atoms with van der Waals surface area (Å²) in [4.78, 5) is 4.31. The maximum absolute atomic E-state index is 5.56. The van der Waals surface area contributed by atoms with Crippen LogP contribution in [0.25, 0.3) is 0 Å². The van der Waals surface area contributed by atoms with Crippen LogP contribution in [0.3, 0.4) is 0 Å². The number of nitrogens with zero attached hydrogens (tertiary/aromatic N) is 3. The van der Waals surface area contributed by atoms with Gasteiger partial charge in [-0.3, -0.25) is 9.67 Å². The highest BCUT2D eigenvalue weighted by atomic mass is 16.3. The smallest absolute Gasteiger partial charge is 0.191 e. The first-order chi connectivity index (χ1) is 11.3. The van der Waals surface area contributed by atoms with Crippen LogP contribution in [-0.2, 0) is 20.0 Å². The molecule has 0 fully saturated rings. The standard InChI is InChI=1S/C18H29N5O/c1-11(8-17-13(3)22-23(7)14(17)4)21-18(19-6)20-10-16-9-12(2)24-15(16)5/h9,11H,8,10H2,1-7H3,(H2,19,20,21). The molecule has 24 heavy (non-hydrogen) atoms. The number of hydrogen-bond donors (Lipinski definition) is 2. The summed E-state index contributed by atoms with van der Waals surface area (Å²) in [5, 5.41) is 11.3. The minimum atomic E-state index is 0.255. The Hall–Kier alpha value is -2.24. The molecule has 2 heterocycles. The van der Waals surface area contributed by atoms with Crippen molar-refractivity contribution >= 4 is 5.96 Å². The van der Waals surface area contributed by atoms with Gasteiger partial charge < -0.3 is 15.1 Å². The summed E-state index contributed by atoms with van der Waals surface area (Å²) >= 11 is 0. The Balaban J connectivity index is 1.93. The summed E-state index contributed by atoms with van der Waals surface area (Å²) in [6.45, 7) is 11.0. The quantitative estimate of drug-likeness (QED) is 0.653. The van der Waals surface area contributed by atoms with Crippen molar-refractivity contribution in [3.8, 4) is 0 Å². The molecule has 0 saturated heterocycles. The second kappa shape index (κ2) is 7.55. The highest BCUT2D eigenvalue weighted by Crippen LogP contribution is 2.15. The minimum Gasteiger partial charge on any atom is -0.466 e. The molecule has 0 radical (unpaired) electrons. The summed E-state index contributed by atoms with van der Waals surface area (Å²) in [5.41, 5.74) is 4.76. The molecule has 0 spiro atoms. The second-order valence-electron chi connectivity index (χ2n) is 6.39. The van der Waals surface area contributed by atoms with E-state index in [0.717, 1.165) is 35.2 Å². The van der Waals surface area contributed by atoms with Crippen molar-refractivity contribution in [2.75, 3.05) is 7.05 Å². The van der Waals surface area contributed by atoms with Crippen molar-refractivity contribution in [3.63, 3.8) is 0 Å². The van der Waals surface area contributed by atoms with Crippen LogP contribution in [0.4, 0.5) is 0 Å². The third-order valence-corrected chi connectivity index (χ3v) is 4.37. The van der Waals surface area contributed by atoms with Crippen molar-refractivity contribution in [3.05, 3.63) is 40.1 Å². The number of aromatic nitrogens is 2. The fourth-order valence-electron chi connectivity index (χ4n) is 2.94. The van der Waals surface area contributed by atoms with Gasteiger partial charge in [-0.25, -0.2) is 0 Å². The van der Waals surface area contributed by atoms with Crippen molar-refractivity contribution in [1.29, 1.82) is 0 Å². The largest absolute Gasteiger partial charge is 0.466 e. The van der Waals surface area contributed by atoms with Gasteiger partial charge in [0.15, 0.2) is 5.96 Å². The molecule has 0 aliphatic rings. The van der Waals surface area contributed by atoms with Crippen molar-refractivity contribution in [1.82, 2.24) is 20.4 Å². The molecular formula is C18H29N5O. The lowest BCUT2D eigenvalue weighted by molar-refractivity contribution is 0.500. The van der Waals surface area contributed by atoms with Crippen LogP contribution in [0.2, 0.25) is 0 Å². The molecule has 0 saturated carbocycles. The lowest BCUT2D eigenvalue weighted by atomic mass is 10.1. The second-order valence-corrected chi connectivity index (χ2v) is 6.39. The molecule has 2 aromatic heterocycles. The normalized spacial score (nSPS) is 13.2. The Labute approximate surface area is 144 Å². The summed E-state index contributed by atoms with van der Waals surface area (Å²) < 4.78 is 7.50. The first-order valence-electron chi connectivity index (χ1n) is 8.34. The first-order valence-corrected chi connectivity index (χ1v) is 8.34. The fraction of sp³-hybridized carbons (Fsp3) is 0.556. The fourth-order valence-corrected chi connectivity index (χ4v) is 2.94. The average Bonchev–Trinajstić information content (AvgIpc) is 2.96. The zero-order valence-electron chi connectivity index (χ0n) is 15.8. The van der Waals surface area contributed by atoms with Crippen LogP contribution in [0, 0.1) is 27.7 Å². The maximum Gasteiger partial charge on any atom is 0.191 e. The Kier molecular flexibility index (Phi) is 5.70. The Bertz CT molecular complexity index is 726. The van der Waals surface area contributed by atoms with E-state index >= 15 is 0 Å². The summed E-state index contributed by atoms with van der Waals surface area (Å²) in [6.07, 6.45) is 0.913. The number of hydrogen-bond acceptors (Lipinski definition) is 3. The van der Waals surface area contributed by atoms with E-state index in [-0.39, 0.29) is 6.04 Å². The highest BCUT2D eigenvalue weighted by molar-refractivity contribution is 5.80. The van der Waals surface area contributed by atoms with E-state index in [9.17, 15) is 0 Å². The van der Waals surface area contributed by atoms with Crippen molar-refractivity contribution in [2.24, 2.45) is 12.0 Å². The van der Waals surface area contributed by atoms with Gasteiger partial charge in [-0.2, -0.15) is 5.10 Å². The molecule has 0 aliphatic carbocycles. The monoisotopic (exact) mass is 331 g/mol. The van der Waals surface area contributed by atoms with E-state index in [0.29, 0.717) is 6.54 Å². The molecule has 2 rings (SSSR count). The number of aryl methyl sites for hydroxylation is 4. The molecule has 6 nitrogen and oxygen atoms in total. The van der Waals surface area contributed by atoms with Crippen LogP contribution in [-0.4, -0.2) is 28.8 Å². The molecular weight excluding hydrogens is 302 g/mol. The van der Waals surface area contributed by atoms with Crippen LogP contribution < -0.4 is 10.6 Å².